The Bertz CT molecular complexity index is 1120. The van der Waals surface area contributed by atoms with Crippen LogP contribution in [-0.4, -0.2) is 66.8 Å². The summed E-state index contributed by atoms with van der Waals surface area (Å²) in [6.45, 7) is 6.02. The highest BCUT2D eigenvalue weighted by atomic mass is 16.5. The third kappa shape index (κ3) is 5.02. The number of fused-ring (bicyclic) bond motifs is 5. The summed E-state index contributed by atoms with van der Waals surface area (Å²) in [6, 6.07) is 7.10. The van der Waals surface area contributed by atoms with Crippen molar-refractivity contribution in [1.29, 1.82) is 0 Å². The molecule has 7 nitrogen and oxygen atoms in total. The fraction of sp³-hybridized carbons (Fsp3) is 0.656. The lowest BCUT2D eigenvalue weighted by atomic mass is 9.50. The second-order valence-electron chi connectivity index (χ2n) is 12.7. The average molecular weight is 539 g/mol. The molecule has 6 atom stereocenters. The van der Waals surface area contributed by atoms with Gasteiger partial charge in [0, 0.05) is 31.4 Å². The minimum absolute atomic E-state index is 0.107. The summed E-state index contributed by atoms with van der Waals surface area (Å²) in [4.78, 5) is 15.3. The van der Waals surface area contributed by atoms with Crippen LogP contribution in [0.5, 0.6) is 5.75 Å². The van der Waals surface area contributed by atoms with E-state index in [1.165, 1.54) is 11.1 Å². The van der Waals surface area contributed by atoms with Crippen LogP contribution in [0.2, 0.25) is 0 Å². The Morgan fingerprint density at radius 2 is 1.79 bits per heavy atom. The van der Waals surface area contributed by atoms with E-state index >= 15 is 0 Å². The number of aliphatic hydroxyl groups excluding tert-OH is 1. The fourth-order valence-corrected chi connectivity index (χ4v) is 8.20. The summed E-state index contributed by atoms with van der Waals surface area (Å²) in [6.07, 6.45) is 11.3. The Labute approximate surface area is 233 Å². The predicted octanol–water partition coefficient (Wildman–Crippen LogP) is 5.54. The van der Waals surface area contributed by atoms with Gasteiger partial charge in [0.2, 0.25) is 0 Å². The molecule has 4 aliphatic carbocycles. The highest BCUT2D eigenvalue weighted by Crippen LogP contribution is 2.66. The first-order valence-electron chi connectivity index (χ1n) is 14.6. The summed E-state index contributed by atoms with van der Waals surface area (Å²) in [5, 5.41) is 25.6. The van der Waals surface area contributed by atoms with Crippen LogP contribution in [0.1, 0.15) is 65.2 Å². The summed E-state index contributed by atoms with van der Waals surface area (Å²) in [7, 11) is 3.29. The summed E-state index contributed by atoms with van der Waals surface area (Å²) < 4.78 is 10.5. The van der Waals surface area contributed by atoms with Crippen LogP contribution >= 0.6 is 0 Å². The molecule has 1 aromatic rings. The van der Waals surface area contributed by atoms with Gasteiger partial charge in [-0.1, -0.05) is 37.1 Å². The molecule has 0 aliphatic heterocycles. The molecule has 1 aromatic carbocycles. The standard InChI is InChI=1S/C32H46N2O5/c1-30-15-12-24(35)20-22(30)6-11-26-27(30)13-16-31(2)28(26)14-17-32(31,37)21-34(18-5-19-38-3)29(36)33-23-7-9-25(39-4)10-8-23/h6-11,24,27-28,35,37H,5,12-21H2,1-4H3,(H,33,36)/t24-,27-,28-,30-,31-,32+/m0/s1. The number of carbonyl (C=O) groups is 1. The van der Waals surface area contributed by atoms with Crippen LogP contribution in [0, 0.1) is 22.7 Å². The third-order valence-corrected chi connectivity index (χ3v) is 10.7. The average Bonchev–Trinajstić information content (AvgIpc) is 3.19. The van der Waals surface area contributed by atoms with Gasteiger partial charge < -0.3 is 29.9 Å². The molecule has 0 heterocycles. The van der Waals surface area contributed by atoms with E-state index in [4.69, 9.17) is 9.47 Å². The van der Waals surface area contributed by atoms with Crippen molar-refractivity contribution in [2.45, 2.75) is 76.9 Å². The van der Waals surface area contributed by atoms with Gasteiger partial charge in [-0.25, -0.2) is 4.79 Å². The van der Waals surface area contributed by atoms with Crippen LogP contribution in [0.15, 0.2) is 47.6 Å². The Morgan fingerprint density at radius 3 is 2.51 bits per heavy atom. The number of carbonyl (C=O) groups excluding carboxylic acids is 1. The van der Waals surface area contributed by atoms with Gasteiger partial charge in [0.05, 0.1) is 25.4 Å². The normalized spacial score (nSPS) is 35.2. The molecule has 0 spiro atoms. The van der Waals surface area contributed by atoms with Gasteiger partial charge in [-0.05, 0) is 92.9 Å². The van der Waals surface area contributed by atoms with Crippen LogP contribution in [0.25, 0.3) is 0 Å². The Morgan fingerprint density at radius 1 is 1.05 bits per heavy atom. The molecule has 39 heavy (non-hydrogen) atoms. The van der Waals surface area contributed by atoms with Crippen molar-refractivity contribution >= 4 is 11.7 Å². The van der Waals surface area contributed by atoms with Crippen LogP contribution in [0.3, 0.4) is 0 Å². The topological polar surface area (TPSA) is 91.3 Å². The molecule has 4 aliphatic rings. The fourth-order valence-electron chi connectivity index (χ4n) is 8.20. The number of hydrogen-bond donors (Lipinski definition) is 3. The Kier molecular flexibility index (Phi) is 7.88. The zero-order valence-electron chi connectivity index (χ0n) is 24.0. The van der Waals surface area contributed by atoms with Gasteiger partial charge in [0.1, 0.15) is 5.75 Å². The van der Waals surface area contributed by atoms with E-state index in [2.05, 4.69) is 31.3 Å². The number of urea groups is 1. The maximum Gasteiger partial charge on any atom is 0.321 e. The minimum atomic E-state index is -0.971. The van der Waals surface area contributed by atoms with Crippen molar-refractivity contribution in [3.05, 3.63) is 47.6 Å². The maximum atomic E-state index is 13.5. The molecule has 214 valence electrons. The van der Waals surface area contributed by atoms with E-state index in [1.807, 2.05) is 24.3 Å². The Balaban J connectivity index is 1.36. The zero-order valence-corrected chi connectivity index (χ0v) is 24.0. The lowest BCUT2D eigenvalue weighted by Crippen LogP contribution is -2.57. The number of aliphatic hydroxyl groups is 2. The predicted molar refractivity (Wildman–Crippen MR) is 153 cm³/mol. The summed E-state index contributed by atoms with van der Waals surface area (Å²) in [5.74, 6) is 1.51. The number of ether oxygens (including phenoxy) is 2. The van der Waals surface area contributed by atoms with E-state index in [9.17, 15) is 15.0 Å². The first-order chi connectivity index (χ1) is 18.6. The minimum Gasteiger partial charge on any atom is -0.497 e. The van der Waals surface area contributed by atoms with Gasteiger partial charge in [-0.3, -0.25) is 0 Å². The number of methoxy groups -OCH3 is 2. The van der Waals surface area contributed by atoms with Crippen molar-refractivity contribution in [3.8, 4) is 5.75 Å². The van der Waals surface area contributed by atoms with Crippen molar-refractivity contribution in [3.63, 3.8) is 0 Å². The number of rotatable bonds is 8. The second-order valence-corrected chi connectivity index (χ2v) is 12.7. The zero-order chi connectivity index (χ0) is 27.8. The van der Waals surface area contributed by atoms with Gasteiger partial charge >= 0.3 is 6.03 Å². The lowest BCUT2D eigenvalue weighted by Gasteiger charge is -2.56. The molecule has 5 rings (SSSR count). The number of benzene rings is 1. The molecule has 7 heteroatoms. The van der Waals surface area contributed by atoms with E-state index in [0.29, 0.717) is 50.1 Å². The quantitative estimate of drug-likeness (QED) is 0.378. The highest BCUT2D eigenvalue weighted by Gasteiger charge is 2.62. The molecule has 3 saturated carbocycles. The van der Waals surface area contributed by atoms with Gasteiger partial charge in [-0.15, -0.1) is 0 Å². The van der Waals surface area contributed by atoms with Gasteiger partial charge in [-0.2, -0.15) is 0 Å². The molecular weight excluding hydrogens is 492 g/mol. The molecular formula is C32H46N2O5. The number of nitrogens with one attached hydrogen (secondary N) is 1. The van der Waals surface area contributed by atoms with Gasteiger partial charge in [0.25, 0.3) is 0 Å². The molecule has 3 fully saturated rings. The molecule has 2 amide bonds. The number of allylic oxidation sites excluding steroid dienone is 3. The van der Waals surface area contributed by atoms with Gasteiger partial charge in [0.15, 0.2) is 0 Å². The maximum absolute atomic E-state index is 13.5. The van der Waals surface area contributed by atoms with Crippen LogP contribution < -0.4 is 10.1 Å². The van der Waals surface area contributed by atoms with Crippen LogP contribution in [0.4, 0.5) is 10.5 Å². The van der Waals surface area contributed by atoms with Crippen molar-refractivity contribution in [1.82, 2.24) is 4.90 Å². The highest BCUT2D eigenvalue weighted by molar-refractivity contribution is 5.89. The summed E-state index contributed by atoms with van der Waals surface area (Å²) >= 11 is 0. The van der Waals surface area contributed by atoms with Crippen LogP contribution in [-0.2, 0) is 4.74 Å². The lowest BCUT2D eigenvalue weighted by molar-refractivity contribution is -0.0962. The number of amides is 2. The smallest absolute Gasteiger partial charge is 0.321 e. The van der Waals surface area contributed by atoms with E-state index in [1.54, 1.807) is 19.1 Å². The van der Waals surface area contributed by atoms with Crippen molar-refractivity contribution in [2.24, 2.45) is 22.7 Å². The van der Waals surface area contributed by atoms with E-state index in [-0.39, 0.29) is 23.0 Å². The third-order valence-electron chi connectivity index (χ3n) is 10.7. The molecule has 0 unspecified atom stereocenters. The first kappa shape index (κ1) is 28.2. The summed E-state index contributed by atoms with van der Waals surface area (Å²) in [5.41, 5.74) is 2.41. The van der Waals surface area contributed by atoms with E-state index < -0.39 is 5.60 Å². The number of nitrogens with zero attached hydrogens (tertiary/aromatic N) is 1. The molecule has 0 saturated heterocycles. The molecule has 0 radical (unpaired) electrons. The van der Waals surface area contributed by atoms with Crippen molar-refractivity contribution in [2.75, 3.05) is 39.2 Å². The SMILES string of the molecule is COCCCN(C[C@]1(O)CC[C@H]2C3=CC=C4C[C@@H](O)CC[C@]4(C)[C@H]3CC[C@@]21C)C(=O)Nc1ccc(OC)cc1. The largest absolute Gasteiger partial charge is 0.497 e. The van der Waals surface area contributed by atoms with E-state index in [0.717, 1.165) is 44.3 Å². The molecule has 0 aromatic heterocycles. The van der Waals surface area contributed by atoms with Crippen molar-refractivity contribution < 1.29 is 24.5 Å². The molecule has 0 bridgehead atoms. The first-order valence-corrected chi connectivity index (χ1v) is 14.6. The number of hydrogen-bond acceptors (Lipinski definition) is 5. The molecule has 3 N–H and O–H groups in total. The monoisotopic (exact) mass is 538 g/mol. The Hall–Kier alpha value is -2.35. The number of anilines is 1. The second kappa shape index (κ2) is 10.9.